The van der Waals surface area contributed by atoms with E-state index in [0.717, 1.165) is 10.2 Å². The fourth-order valence-corrected chi connectivity index (χ4v) is 1.46. The van der Waals surface area contributed by atoms with Crippen LogP contribution in [0.25, 0.3) is 0 Å². The lowest BCUT2D eigenvalue weighted by Gasteiger charge is -1.97. The predicted octanol–water partition coefficient (Wildman–Crippen LogP) is 0.759. The smallest absolute Gasteiger partial charge is 0.398 e. The molecule has 0 atom stereocenters. The van der Waals surface area contributed by atoms with Gasteiger partial charge in [-0.2, -0.15) is 9.94 Å². The number of oxime groups is 1. The molecule has 0 amide bonds. The molecule has 0 fully saturated rings. The van der Waals surface area contributed by atoms with Gasteiger partial charge in [0.25, 0.3) is 5.89 Å². The van der Waals surface area contributed by atoms with Gasteiger partial charge in [0.1, 0.15) is 13.2 Å². The minimum atomic E-state index is -0.655. The second-order valence-electron chi connectivity index (χ2n) is 3.55. The highest BCUT2D eigenvalue weighted by Gasteiger charge is 2.14. The first-order chi connectivity index (χ1) is 9.24. The van der Waals surface area contributed by atoms with Crippen molar-refractivity contribution < 1.29 is 9.25 Å². The van der Waals surface area contributed by atoms with Crippen LogP contribution < -0.4 is 5.76 Å². The van der Waals surface area contributed by atoms with Crippen molar-refractivity contribution in [2.45, 2.75) is 6.54 Å². The Morgan fingerprint density at radius 2 is 2.26 bits per heavy atom. The fraction of sp³-hybridized carbons (Fsp3) is 0.167. The predicted molar refractivity (Wildman–Crippen MR) is 65.5 cm³/mol. The van der Waals surface area contributed by atoms with Gasteiger partial charge in [0.05, 0.1) is 6.54 Å². The molecule has 0 bridgehead atoms. The fourth-order valence-electron chi connectivity index (χ4n) is 1.46. The third-order valence-electron chi connectivity index (χ3n) is 2.27. The molecular weight excluding hydrogens is 248 g/mol. The molecule has 0 saturated carbocycles. The van der Waals surface area contributed by atoms with Crippen molar-refractivity contribution in [2.75, 3.05) is 7.11 Å². The van der Waals surface area contributed by atoms with E-state index in [0.29, 0.717) is 0 Å². The summed E-state index contributed by atoms with van der Waals surface area (Å²) < 4.78 is 5.97. The molecule has 19 heavy (non-hydrogen) atoms. The van der Waals surface area contributed by atoms with Gasteiger partial charge >= 0.3 is 5.76 Å². The summed E-state index contributed by atoms with van der Waals surface area (Å²) in [6.07, 6.45) is 0. The first-order valence-corrected chi connectivity index (χ1v) is 5.38. The summed E-state index contributed by atoms with van der Waals surface area (Å²) in [6, 6.07) is 11.0. The van der Waals surface area contributed by atoms with Gasteiger partial charge in [-0.1, -0.05) is 35.5 Å². The number of rotatable bonds is 4. The summed E-state index contributed by atoms with van der Waals surface area (Å²) in [7, 11) is 1.29. The van der Waals surface area contributed by atoms with Gasteiger partial charge in [0.15, 0.2) is 0 Å². The van der Waals surface area contributed by atoms with Gasteiger partial charge in [-0.3, -0.25) is 0 Å². The van der Waals surface area contributed by atoms with E-state index < -0.39 is 5.76 Å². The summed E-state index contributed by atoms with van der Waals surface area (Å²) in [5.41, 5.74) is 0.707. The maximum atomic E-state index is 11.6. The molecule has 1 aromatic carbocycles. The maximum absolute atomic E-state index is 11.6. The number of nitrogens with zero attached hydrogens (tertiary/aromatic N) is 4. The van der Waals surface area contributed by atoms with Gasteiger partial charge < -0.3 is 9.25 Å². The molecule has 0 aliphatic heterocycles. The standard InChI is InChI=1S/C12H10N4O3/c1-18-15-10(7-13)11-14-16(12(17)19-11)8-9-5-3-2-4-6-9/h2-6H,8H2,1H3/b15-10+. The Hall–Kier alpha value is -2.88. The first kappa shape index (κ1) is 12.6. The van der Waals surface area contributed by atoms with Crippen molar-refractivity contribution in [3.63, 3.8) is 0 Å². The number of benzene rings is 1. The molecule has 0 spiro atoms. The van der Waals surface area contributed by atoms with Gasteiger partial charge in [0, 0.05) is 0 Å². The second-order valence-corrected chi connectivity index (χ2v) is 3.55. The Morgan fingerprint density at radius 1 is 1.53 bits per heavy atom. The van der Waals surface area contributed by atoms with Crippen LogP contribution in [0.3, 0.4) is 0 Å². The molecule has 0 N–H and O–H groups in total. The first-order valence-electron chi connectivity index (χ1n) is 5.38. The van der Waals surface area contributed by atoms with Crippen molar-refractivity contribution >= 4 is 5.71 Å². The van der Waals surface area contributed by atoms with Crippen LogP contribution in [-0.4, -0.2) is 22.6 Å². The highest BCUT2D eigenvalue weighted by Crippen LogP contribution is 2.01. The molecule has 1 heterocycles. The average molecular weight is 258 g/mol. The van der Waals surface area contributed by atoms with Crippen LogP contribution in [0.4, 0.5) is 0 Å². The molecule has 1 aromatic heterocycles. The van der Waals surface area contributed by atoms with Crippen molar-refractivity contribution in [1.29, 1.82) is 5.26 Å². The van der Waals surface area contributed by atoms with E-state index >= 15 is 0 Å². The average Bonchev–Trinajstić information content (AvgIpc) is 2.78. The summed E-state index contributed by atoms with van der Waals surface area (Å²) >= 11 is 0. The Balaban J connectivity index is 2.30. The van der Waals surface area contributed by atoms with Crippen LogP contribution in [-0.2, 0) is 11.4 Å². The van der Waals surface area contributed by atoms with E-state index in [2.05, 4.69) is 15.1 Å². The van der Waals surface area contributed by atoms with Crippen LogP contribution in [0.1, 0.15) is 11.5 Å². The van der Waals surface area contributed by atoms with Crippen molar-refractivity contribution in [3.8, 4) is 6.07 Å². The Kier molecular flexibility index (Phi) is 3.73. The lowest BCUT2D eigenvalue weighted by Crippen LogP contribution is -2.16. The Morgan fingerprint density at radius 3 is 2.89 bits per heavy atom. The normalized spacial score (nSPS) is 11.1. The molecule has 7 heteroatoms. The van der Waals surface area contributed by atoms with E-state index in [-0.39, 0.29) is 18.1 Å². The topological polar surface area (TPSA) is 93.4 Å². The molecule has 0 radical (unpaired) electrons. The molecule has 2 rings (SSSR count). The second kappa shape index (κ2) is 5.64. The lowest BCUT2D eigenvalue weighted by molar-refractivity contribution is 0.213. The zero-order chi connectivity index (χ0) is 13.7. The largest absolute Gasteiger partial charge is 0.437 e. The zero-order valence-electron chi connectivity index (χ0n) is 10.1. The summed E-state index contributed by atoms with van der Waals surface area (Å²) in [4.78, 5) is 16.1. The van der Waals surface area contributed by atoms with Crippen molar-refractivity contribution in [3.05, 3.63) is 52.3 Å². The number of hydrogen-bond donors (Lipinski definition) is 0. The van der Waals surface area contributed by atoms with Crippen molar-refractivity contribution in [2.24, 2.45) is 5.16 Å². The maximum Gasteiger partial charge on any atom is 0.437 e. The van der Waals surface area contributed by atoms with E-state index in [9.17, 15) is 4.79 Å². The van der Waals surface area contributed by atoms with E-state index in [4.69, 9.17) is 9.68 Å². The molecule has 96 valence electrons. The monoisotopic (exact) mass is 258 g/mol. The van der Waals surface area contributed by atoms with Crippen LogP contribution in [0.2, 0.25) is 0 Å². The molecule has 7 nitrogen and oxygen atoms in total. The SMILES string of the molecule is CO/N=C(\C#N)c1nn(Cc2ccccc2)c(=O)o1. The molecule has 0 aliphatic rings. The lowest BCUT2D eigenvalue weighted by atomic mass is 10.2. The van der Waals surface area contributed by atoms with E-state index in [1.54, 1.807) is 6.07 Å². The van der Waals surface area contributed by atoms with Crippen LogP contribution in [0.15, 0.2) is 44.7 Å². The third-order valence-corrected chi connectivity index (χ3v) is 2.27. The minimum Gasteiger partial charge on any atom is -0.398 e. The highest BCUT2D eigenvalue weighted by molar-refractivity contribution is 6.08. The molecule has 0 saturated heterocycles. The Labute approximate surface area is 108 Å². The van der Waals surface area contributed by atoms with Gasteiger partial charge in [-0.25, -0.2) is 4.79 Å². The van der Waals surface area contributed by atoms with Crippen LogP contribution in [0.5, 0.6) is 0 Å². The third kappa shape index (κ3) is 2.87. The zero-order valence-corrected chi connectivity index (χ0v) is 10.1. The summed E-state index contributed by atoms with van der Waals surface area (Å²) in [5, 5.41) is 16.1. The molecular formula is C12H10N4O3. The summed E-state index contributed by atoms with van der Waals surface area (Å²) in [6.45, 7) is 0.259. The van der Waals surface area contributed by atoms with E-state index in [1.165, 1.54) is 7.11 Å². The summed E-state index contributed by atoms with van der Waals surface area (Å²) in [5.74, 6) is -0.816. The highest BCUT2D eigenvalue weighted by atomic mass is 16.6. The van der Waals surface area contributed by atoms with Gasteiger partial charge in [0.2, 0.25) is 5.71 Å². The number of nitriles is 1. The van der Waals surface area contributed by atoms with E-state index in [1.807, 2.05) is 30.3 Å². The van der Waals surface area contributed by atoms with Gasteiger partial charge in [-0.15, -0.1) is 5.10 Å². The molecule has 0 aliphatic carbocycles. The quantitative estimate of drug-likeness (QED) is 0.596. The van der Waals surface area contributed by atoms with Crippen molar-refractivity contribution in [1.82, 2.24) is 9.78 Å². The number of aromatic nitrogens is 2. The Bertz CT molecular complexity index is 679. The van der Waals surface area contributed by atoms with Crippen LogP contribution in [0, 0.1) is 11.3 Å². The molecule has 0 unspecified atom stereocenters. The van der Waals surface area contributed by atoms with Gasteiger partial charge in [-0.05, 0) is 5.56 Å². The van der Waals surface area contributed by atoms with Crippen LogP contribution >= 0.6 is 0 Å². The number of hydrogen-bond acceptors (Lipinski definition) is 6. The minimum absolute atomic E-state index is 0.162. The molecule has 2 aromatic rings.